The van der Waals surface area contributed by atoms with Crippen molar-refractivity contribution in [3.05, 3.63) is 0 Å². The highest BCUT2D eigenvalue weighted by Crippen LogP contribution is 2.09. The minimum atomic E-state index is -0.863. The molecule has 58 valence electrons. The lowest BCUT2D eigenvalue weighted by Crippen LogP contribution is -2.12. The van der Waals surface area contributed by atoms with Crippen molar-refractivity contribution in [2.24, 2.45) is 5.92 Å². The standard InChI is InChI=1S/C9H10O2/c1-3-5-7-8(6-4-2)9(10)11/h1-2,8H,5-7H2,(H,10,11). The van der Waals surface area contributed by atoms with Gasteiger partial charge in [0, 0.05) is 12.8 Å². The second-order valence-electron chi connectivity index (χ2n) is 2.19. The fraction of sp³-hybridized carbons (Fsp3) is 0.444. The molecule has 0 aromatic carbocycles. The van der Waals surface area contributed by atoms with Crippen molar-refractivity contribution in [2.45, 2.75) is 19.3 Å². The highest BCUT2D eigenvalue weighted by molar-refractivity contribution is 5.70. The Hall–Kier alpha value is -1.41. The van der Waals surface area contributed by atoms with E-state index in [1.165, 1.54) is 0 Å². The molecule has 0 saturated heterocycles. The van der Waals surface area contributed by atoms with Crippen molar-refractivity contribution in [3.63, 3.8) is 0 Å². The Morgan fingerprint density at radius 2 is 2.09 bits per heavy atom. The van der Waals surface area contributed by atoms with Gasteiger partial charge in [-0.25, -0.2) is 0 Å². The van der Waals surface area contributed by atoms with Crippen molar-refractivity contribution in [1.82, 2.24) is 0 Å². The van der Waals surface area contributed by atoms with Crippen LogP contribution in [0.25, 0.3) is 0 Å². The Morgan fingerprint density at radius 1 is 1.45 bits per heavy atom. The molecule has 0 saturated carbocycles. The first kappa shape index (κ1) is 9.59. The summed E-state index contributed by atoms with van der Waals surface area (Å²) >= 11 is 0. The number of carboxylic acid groups (broad SMARTS) is 1. The van der Waals surface area contributed by atoms with Gasteiger partial charge in [0.2, 0.25) is 0 Å². The van der Waals surface area contributed by atoms with Crippen molar-refractivity contribution >= 4 is 5.97 Å². The van der Waals surface area contributed by atoms with E-state index in [-0.39, 0.29) is 6.42 Å². The van der Waals surface area contributed by atoms with Gasteiger partial charge in [-0.3, -0.25) is 4.79 Å². The van der Waals surface area contributed by atoms with E-state index in [1.54, 1.807) is 0 Å². The zero-order valence-corrected chi connectivity index (χ0v) is 6.21. The average molecular weight is 150 g/mol. The Morgan fingerprint density at radius 3 is 2.45 bits per heavy atom. The molecule has 0 aromatic heterocycles. The normalized spacial score (nSPS) is 11.1. The van der Waals surface area contributed by atoms with Crippen LogP contribution in [-0.4, -0.2) is 11.1 Å². The quantitative estimate of drug-likeness (QED) is 0.610. The van der Waals surface area contributed by atoms with Gasteiger partial charge < -0.3 is 5.11 Å². The van der Waals surface area contributed by atoms with Crippen LogP contribution in [0.2, 0.25) is 0 Å². The largest absolute Gasteiger partial charge is 0.481 e. The Bertz CT molecular complexity index is 205. The third-order valence-corrected chi connectivity index (χ3v) is 1.35. The fourth-order valence-corrected chi connectivity index (χ4v) is 0.713. The Kier molecular flexibility index (Phi) is 4.69. The number of terminal acetylenes is 2. The topological polar surface area (TPSA) is 37.3 Å². The van der Waals surface area contributed by atoms with E-state index in [1.807, 2.05) is 0 Å². The number of aliphatic carboxylic acids is 1. The molecular weight excluding hydrogens is 140 g/mol. The molecule has 1 N–H and O–H groups in total. The molecule has 2 heteroatoms. The van der Waals surface area contributed by atoms with Crippen LogP contribution in [0, 0.1) is 30.6 Å². The zero-order chi connectivity index (χ0) is 8.69. The molecule has 0 aliphatic carbocycles. The molecule has 11 heavy (non-hydrogen) atoms. The molecule has 1 atom stereocenters. The predicted molar refractivity (Wildman–Crippen MR) is 42.6 cm³/mol. The van der Waals surface area contributed by atoms with Gasteiger partial charge >= 0.3 is 5.97 Å². The highest BCUT2D eigenvalue weighted by Gasteiger charge is 2.14. The Labute approximate surface area is 66.6 Å². The third-order valence-electron chi connectivity index (χ3n) is 1.35. The molecule has 0 spiro atoms. The van der Waals surface area contributed by atoms with E-state index >= 15 is 0 Å². The van der Waals surface area contributed by atoms with Crippen molar-refractivity contribution in [1.29, 1.82) is 0 Å². The molecule has 0 aliphatic heterocycles. The minimum absolute atomic E-state index is 0.261. The molecule has 0 heterocycles. The van der Waals surface area contributed by atoms with Gasteiger partial charge in [-0.05, 0) is 6.42 Å². The second-order valence-corrected chi connectivity index (χ2v) is 2.19. The summed E-state index contributed by atoms with van der Waals surface area (Å²) in [5, 5.41) is 8.57. The summed E-state index contributed by atoms with van der Waals surface area (Å²) in [5.41, 5.74) is 0. The maximum Gasteiger partial charge on any atom is 0.307 e. The van der Waals surface area contributed by atoms with Gasteiger partial charge in [-0.15, -0.1) is 24.7 Å². The van der Waals surface area contributed by atoms with Gasteiger partial charge in [-0.2, -0.15) is 0 Å². The van der Waals surface area contributed by atoms with Gasteiger partial charge in [-0.1, -0.05) is 0 Å². The van der Waals surface area contributed by atoms with Gasteiger partial charge in [0.05, 0.1) is 5.92 Å². The molecule has 1 unspecified atom stereocenters. The summed E-state index contributed by atoms with van der Waals surface area (Å²) in [6.07, 6.45) is 11.2. The van der Waals surface area contributed by atoms with Crippen LogP contribution in [0.5, 0.6) is 0 Å². The molecule has 0 aliphatic rings. The SMILES string of the molecule is C#CCCC(CC#C)C(=O)O. The smallest absolute Gasteiger partial charge is 0.307 e. The van der Waals surface area contributed by atoms with Gasteiger partial charge in [0.25, 0.3) is 0 Å². The van der Waals surface area contributed by atoms with E-state index in [2.05, 4.69) is 11.8 Å². The molecule has 0 rings (SSSR count). The number of carbonyl (C=O) groups is 1. The molecule has 2 nitrogen and oxygen atoms in total. The predicted octanol–water partition coefficient (Wildman–Crippen LogP) is 1.12. The molecular formula is C9H10O2. The monoisotopic (exact) mass is 150 g/mol. The van der Waals surface area contributed by atoms with E-state index in [0.29, 0.717) is 12.8 Å². The van der Waals surface area contributed by atoms with Crippen molar-refractivity contribution in [2.75, 3.05) is 0 Å². The lowest BCUT2D eigenvalue weighted by atomic mass is 10.0. The fourth-order valence-electron chi connectivity index (χ4n) is 0.713. The van der Waals surface area contributed by atoms with Crippen LogP contribution in [0.3, 0.4) is 0 Å². The van der Waals surface area contributed by atoms with Crippen molar-refractivity contribution < 1.29 is 9.90 Å². The van der Waals surface area contributed by atoms with Crippen LogP contribution in [0.15, 0.2) is 0 Å². The third kappa shape index (κ3) is 4.06. The molecule has 0 amide bonds. The molecule has 0 radical (unpaired) electrons. The van der Waals surface area contributed by atoms with Gasteiger partial charge in [0.1, 0.15) is 0 Å². The van der Waals surface area contributed by atoms with E-state index in [9.17, 15) is 4.79 Å². The van der Waals surface area contributed by atoms with E-state index < -0.39 is 11.9 Å². The first-order valence-electron chi connectivity index (χ1n) is 3.32. The van der Waals surface area contributed by atoms with Crippen LogP contribution in [0.4, 0.5) is 0 Å². The zero-order valence-electron chi connectivity index (χ0n) is 6.21. The molecule has 0 bridgehead atoms. The lowest BCUT2D eigenvalue weighted by Gasteiger charge is -2.04. The average Bonchev–Trinajstić information content (AvgIpc) is 1.97. The summed E-state index contributed by atoms with van der Waals surface area (Å²) in [7, 11) is 0. The summed E-state index contributed by atoms with van der Waals surface area (Å²) in [5.74, 6) is 3.35. The lowest BCUT2D eigenvalue weighted by molar-refractivity contribution is -0.141. The maximum absolute atomic E-state index is 10.4. The maximum atomic E-state index is 10.4. The Balaban J connectivity index is 3.83. The van der Waals surface area contributed by atoms with Gasteiger partial charge in [0.15, 0.2) is 0 Å². The minimum Gasteiger partial charge on any atom is -0.481 e. The highest BCUT2D eigenvalue weighted by atomic mass is 16.4. The van der Waals surface area contributed by atoms with Crippen LogP contribution >= 0.6 is 0 Å². The molecule has 0 fully saturated rings. The summed E-state index contributed by atoms with van der Waals surface area (Å²) in [6.45, 7) is 0. The number of carboxylic acids is 1. The van der Waals surface area contributed by atoms with Crippen LogP contribution in [-0.2, 0) is 4.79 Å². The number of rotatable bonds is 4. The summed E-state index contributed by atoms with van der Waals surface area (Å²) < 4.78 is 0. The van der Waals surface area contributed by atoms with Crippen LogP contribution in [0.1, 0.15) is 19.3 Å². The first-order chi connectivity index (χ1) is 5.22. The van der Waals surface area contributed by atoms with E-state index in [0.717, 1.165) is 0 Å². The first-order valence-corrected chi connectivity index (χ1v) is 3.32. The van der Waals surface area contributed by atoms with Crippen molar-refractivity contribution in [3.8, 4) is 24.7 Å². The second kappa shape index (κ2) is 5.38. The number of hydrogen-bond donors (Lipinski definition) is 1. The van der Waals surface area contributed by atoms with Crippen LogP contribution < -0.4 is 0 Å². The van der Waals surface area contributed by atoms with E-state index in [4.69, 9.17) is 18.0 Å². The number of hydrogen-bond acceptors (Lipinski definition) is 1. The molecule has 0 aromatic rings. The summed E-state index contributed by atoms with van der Waals surface area (Å²) in [4.78, 5) is 10.4. The summed E-state index contributed by atoms with van der Waals surface area (Å²) in [6, 6.07) is 0.